The SMILES string of the molecule is CC(C)CC(C)OCC(O)CNC(C)CCS(C)=O. The zero-order valence-corrected chi connectivity index (χ0v) is 13.8. The van der Waals surface area contributed by atoms with E-state index in [1.807, 2.05) is 13.8 Å². The summed E-state index contributed by atoms with van der Waals surface area (Å²) >= 11 is 0. The Hall–Kier alpha value is 0.0300. The number of nitrogens with one attached hydrogen (secondary N) is 1. The summed E-state index contributed by atoms with van der Waals surface area (Å²) in [6.45, 7) is 9.30. The summed E-state index contributed by atoms with van der Waals surface area (Å²) < 4.78 is 16.6. The van der Waals surface area contributed by atoms with Gasteiger partial charge in [0.05, 0.1) is 18.8 Å². The van der Waals surface area contributed by atoms with Gasteiger partial charge in [-0.3, -0.25) is 4.21 Å². The van der Waals surface area contributed by atoms with Gasteiger partial charge < -0.3 is 15.2 Å². The van der Waals surface area contributed by atoms with Gasteiger partial charge in [-0.1, -0.05) is 13.8 Å². The lowest BCUT2D eigenvalue weighted by atomic mass is 10.1. The topological polar surface area (TPSA) is 58.6 Å². The third kappa shape index (κ3) is 12.8. The summed E-state index contributed by atoms with van der Waals surface area (Å²) in [7, 11) is -0.743. The molecule has 116 valence electrons. The molecule has 0 spiro atoms. The monoisotopic (exact) mass is 293 g/mol. The maximum Gasteiger partial charge on any atom is 0.0897 e. The third-order valence-corrected chi connectivity index (χ3v) is 3.73. The van der Waals surface area contributed by atoms with Gasteiger partial charge in [-0.05, 0) is 32.6 Å². The number of hydrogen-bond donors (Lipinski definition) is 2. The van der Waals surface area contributed by atoms with Crippen LogP contribution in [-0.4, -0.2) is 52.7 Å². The van der Waals surface area contributed by atoms with Crippen LogP contribution in [0.4, 0.5) is 0 Å². The van der Waals surface area contributed by atoms with Crippen LogP contribution in [-0.2, 0) is 15.5 Å². The summed E-state index contributed by atoms with van der Waals surface area (Å²) in [6.07, 6.45) is 3.30. The Balaban J connectivity index is 3.63. The van der Waals surface area contributed by atoms with E-state index < -0.39 is 16.9 Å². The number of aliphatic hydroxyl groups excluding tert-OH is 1. The standard InChI is InChI=1S/C14H31NO3S/c1-11(2)8-13(4)18-10-14(16)9-15-12(3)6-7-19(5)17/h11-16H,6-10H2,1-5H3. The van der Waals surface area contributed by atoms with Crippen molar-refractivity contribution in [2.45, 2.75) is 58.8 Å². The molecule has 0 aliphatic heterocycles. The van der Waals surface area contributed by atoms with Crippen LogP contribution in [0.3, 0.4) is 0 Å². The molecule has 0 heterocycles. The average Bonchev–Trinajstić information content (AvgIpc) is 2.30. The van der Waals surface area contributed by atoms with Crippen molar-refractivity contribution in [2.24, 2.45) is 5.92 Å². The van der Waals surface area contributed by atoms with Crippen molar-refractivity contribution in [3.63, 3.8) is 0 Å². The quantitative estimate of drug-likeness (QED) is 0.607. The highest BCUT2D eigenvalue weighted by Gasteiger charge is 2.11. The van der Waals surface area contributed by atoms with Gasteiger partial charge in [0.2, 0.25) is 0 Å². The summed E-state index contributed by atoms with van der Waals surface area (Å²) in [4.78, 5) is 0. The van der Waals surface area contributed by atoms with Crippen LogP contribution >= 0.6 is 0 Å². The van der Waals surface area contributed by atoms with E-state index in [-0.39, 0.29) is 12.1 Å². The normalized spacial score (nSPS) is 18.3. The highest BCUT2D eigenvalue weighted by molar-refractivity contribution is 7.84. The molecule has 0 rings (SSSR count). The second-order valence-electron chi connectivity index (χ2n) is 5.80. The fourth-order valence-electron chi connectivity index (χ4n) is 1.85. The van der Waals surface area contributed by atoms with E-state index in [1.165, 1.54) is 0 Å². The number of hydrogen-bond acceptors (Lipinski definition) is 4. The molecule has 0 aliphatic rings. The number of aliphatic hydroxyl groups is 1. The van der Waals surface area contributed by atoms with Crippen LogP contribution < -0.4 is 5.32 Å². The van der Waals surface area contributed by atoms with Gasteiger partial charge in [0, 0.05) is 35.4 Å². The fraction of sp³-hybridized carbons (Fsp3) is 1.00. The molecule has 0 saturated heterocycles. The smallest absolute Gasteiger partial charge is 0.0897 e. The van der Waals surface area contributed by atoms with E-state index in [0.717, 1.165) is 12.8 Å². The minimum atomic E-state index is -0.743. The maximum absolute atomic E-state index is 11.0. The van der Waals surface area contributed by atoms with E-state index in [1.54, 1.807) is 6.26 Å². The molecule has 4 unspecified atom stereocenters. The van der Waals surface area contributed by atoms with Crippen molar-refractivity contribution in [2.75, 3.05) is 25.2 Å². The van der Waals surface area contributed by atoms with Crippen LogP contribution in [0.1, 0.15) is 40.5 Å². The summed E-state index contributed by atoms with van der Waals surface area (Å²) in [5.74, 6) is 1.31. The van der Waals surface area contributed by atoms with Gasteiger partial charge in [0.1, 0.15) is 0 Å². The number of rotatable bonds is 11. The van der Waals surface area contributed by atoms with Crippen molar-refractivity contribution >= 4 is 10.8 Å². The molecule has 0 bridgehead atoms. The van der Waals surface area contributed by atoms with Crippen molar-refractivity contribution in [1.29, 1.82) is 0 Å². The first kappa shape index (κ1) is 19.0. The molecule has 0 aromatic rings. The largest absolute Gasteiger partial charge is 0.389 e. The molecule has 0 aliphatic carbocycles. The molecule has 4 nitrogen and oxygen atoms in total. The highest BCUT2D eigenvalue weighted by Crippen LogP contribution is 2.07. The third-order valence-electron chi connectivity index (χ3n) is 2.92. The van der Waals surface area contributed by atoms with Crippen molar-refractivity contribution < 1.29 is 14.1 Å². The Kier molecular flexibility index (Phi) is 10.8. The van der Waals surface area contributed by atoms with E-state index in [2.05, 4.69) is 19.2 Å². The summed E-state index contributed by atoms with van der Waals surface area (Å²) in [6, 6.07) is 0.270. The van der Waals surface area contributed by atoms with E-state index in [0.29, 0.717) is 24.8 Å². The molecule has 0 saturated carbocycles. The van der Waals surface area contributed by atoms with Crippen molar-refractivity contribution in [3.05, 3.63) is 0 Å². The molecule has 2 N–H and O–H groups in total. The zero-order chi connectivity index (χ0) is 14.8. The predicted octanol–water partition coefficient (Wildman–Crippen LogP) is 1.55. The molecule has 0 fully saturated rings. The second kappa shape index (κ2) is 10.8. The van der Waals surface area contributed by atoms with Crippen LogP contribution in [0.5, 0.6) is 0 Å². The first-order chi connectivity index (χ1) is 8.81. The Morgan fingerprint density at radius 3 is 2.42 bits per heavy atom. The van der Waals surface area contributed by atoms with Crippen LogP contribution in [0.25, 0.3) is 0 Å². The minimum absolute atomic E-state index is 0.189. The zero-order valence-electron chi connectivity index (χ0n) is 13.0. The lowest BCUT2D eigenvalue weighted by Gasteiger charge is -2.20. The van der Waals surface area contributed by atoms with E-state index in [9.17, 15) is 9.32 Å². The van der Waals surface area contributed by atoms with Crippen LogP contribution in [0.15, 0.2) is 0 Å². The van der Waals surface area contributed by atoms with Crippen LogP contribution in [0, 0.1) is 5.92 Å². The molecule has 5 heteroatoms. The maximum atomic E-state index is 11.0. The minimum Gasteiger partial charge on any atom is -0.389 e. The van der Waals surface area contributed by atoms with Gasteiger partial charge in [-0.25, -0.2) is 0 Å². The van der Waals surface area contributed by atoms with E-state index >= 15 is 0 Å². The Morgan fingerprint density at radius 2 is 1.89 bits per heavy atom. The number of ether oxygens (including phenoxy) is 1. The lowest BCUT2D eigenvalue weighted by molar-refractivity contribution is -0.00913. The van der Waals surface area contributed by atoms with Gasteiger partial charge in [-0.15, -0.1) is 0 Å². The molecule has 19 heavy (non-hydrogen) atoms. The highest BCUT2D eigenvalue weighted by atomic mass is 32.2. The summed E-state index contributed by atoms with van der Waals surface area (Å²) in [5.41, 5.74) is 0. The van der Waals surface area contributed by atoms with Gasteiger partial charge >= 0.3 is 0 Å². The molecule has 4 atom stereocenters. The molecule has 0 amide bonds. The molecule has 0 aromatic carbocycles. The Bertz CT molecular complexity index is 249. The molecular formula is C14H31NO3S. The van der Waals surface area contributed by atoms with E-state index in [4.69, 9.17) is 4.74 Å². The van der Waals surface area contributed by atoms with Crippen LogP contribution in [0.2, 0.25) is 0 Å². The first-order valence-corrected chi connectivity index (χ1v) is 8.87. The predicted molar refractivity (Wildman–Crippen MR) is 81.9 cm³/mol. The average molecular weight is 293 g/mol. The molecular weight excluding hydrogens is 262 g/mol. The fourth-order valence-corrected chi connectivity index (χ4v) is 2.53. The lowest BCUT2D eigenvalue weighted by Crippen LogP contribution is -2.37. The van der Waals surface area contributed by atoms with Gasteiger partial charge in [0.15, 0.2) is 0 Å². The summed E-state index contributed by atoms with van der Waals surface area (Å²) in [5, 5.41) is 13.0. The Morgan fingerprint density at radius 1 is 1.26 bits per heavy atom. The molecule has 0 radical (unpaired) electrons. The first-order valence-electron chi connectivity index (χ1n) is 7.14. The van der Waals surface area contributed by atoms with Crippen molar-refractivity contribution in [1.82, 2.24) is 5.32 Å². The second-order valence-corrected chi connectivity index (χ2v) is 7.36. The molecule has 0 aromatic heterocycles. The Labute approximate surface area is 120 Å². The van der Waals surface area contributed by atoms with Crippen molar-refractivity contribution in [3.8, 4) is 0 Å². The van der Waals surface area contributed by atoms with Gasteiger partial charge in [-0.2, -0.15) is 0 Å². The van der Waals surface area contributed by atoms with Gasteiger partial charge in [0.25, 0.3) is 0 Å².